The van der Waals surface area contributed by atoms with Crippen LogP contribution in [0.3, 0.4) is 0 Å². The maximum absolute atomic E-state index is 11.6. The lowest BCUT2D eigenvalue weighted by Crippen LogP contribution is -2.41. The zero-order valence-electron chi connectivity index (χ0n) is 11.1. The molecule has 0 aliphatic heterocycles. The molecule has 0 fully saturated rings. The fourth-order valence-electron chi connectivity index (χ4n) is 1.31. The van der Waals surface area contributed by atoms with Crippen molar-refractivity contribution in [1.29, 1.82) is 0 Å². The zero-order chi connectivity index (χ0) is 14.5. The van der Waals surface area contributed by atoms with Crippen molar-refractivity contribution >= 4 is 17.9 Å². The Morgan fingerprint density at radius 1 is 1.37 bits per heavy atom. The van der Waals surface area contributed by atoms with Gasteiger partial charge in [0.05, 0.1) is 0 Å². The van der Waals surface area contributed by atoms with Crippen molar-refractivity contribution in [1.82, 2.24) is 5.32 Å². The number of nitrogens with zero attached hydrogens (tertiary/aromatic N) is 1. The number of aliphatic imine (C=N–C) groups is 1. The Morgan fingerprint density at radius 2 is 1.95 bits per heavy atom. The molecule has 0 aliphatic carbocycles. The molecule has 0 saturated heterocycles. The van der Waals surface area contributed by atoms with E-state index in [1.54, 1.807) is 24.3 Å². The van der Waals surface area contributed by atoms with Crippen LogP contribution in [0.4, 0.5) is 10.5 Å². The van der Waals surface area contributed by atoms with Crippen LogP contribution >= 0.6 is 0 Å². The Kier molecular flexibility index (Phi) is 4.67. The van der Waals surface area contributed by atoms with Crippen molar-refractivity contribution in [3.05, 3.63) is 29.8 Å². The summed E-state index contributed by atoms with van der Waals surface area (Å²) in [6.07, 6.45) is -0.298. The number of alkyl carbamates (subject to hydrolysis) is 1. The van der Waals surface area contributed by atoms with Crippen LogP contribution in [0.1, 0.15) is 32.6 Å². The summed E-state index contributed by atoms with van der Waals surface area (Å²) in [4.78, 5) is 25.5. The van der Waals surface area contributed by atoms with Crippen molar-refractivity contribution in [2.24, 2.45) is 4.99 Å². The van der Waals surface area contributed by atoms with Gasteiger partial charge in [-0.05, 0) is 32.9 Å². The third-order valence-electron chi connectivity index (χ3n) is 2.09. The number of isocyanates is 1. The average molecular weight is 263 g/mol. The van der Waals surface area contributed by atoms with Gasteiger partial charge in [0, 0.05) is 16.8 Å². The van der Waals surface area contributed by atoms with Gasteiger partial charge in [-0.3, -0.25) is 0 Å². The fourth-order valence-corrected chi connectivity index (χ4v) is 1.31. The summed E-state index contributed by atoms with van der Waals surface area (Å²) in [7, 11) is 0. The fraction of sp³-hybridized carbons (Fsp3) is 0.385. The van der Waals surface area contributed by atoms with Crippen molar-refractivity contribution in [2.75, 3.05) is 5.73 Å². The van der Waals surface area contributed by atoms with E-state index < -0.39 is 17.9 Å². The monoisotopic (exact) mass is 263 g/mol. The predicted molar refractivity (Wildman–Crippen MR) is 71.1 cm³/mol. The molecule has 0 bridgehead atoms. The number of benzene rings is 1. The summed E-state index contributed by atoms with van der Waals surface area (Å²) < 4.78 is 5.07. The highest BCUT2D eigenvalue weighted by atomic mass is 16.6. The molecule has 1 amide bonds. The maximum atomic E-state index is 11.6. The van der Waals surface area contributed by atoms with Crippen molar-refractivity contribution < 1.29 is 14.3 Å². The van der Waals surface area contributed by atoms with E-state index in [1.807, 2.05) is 20.8 Å². The van der Waals surface area contributed by atoms with Gasteiger partial charge >= 0.3 is 6.09 Å². The van der Waals surface area contributed by atoms with Crippen molar-refractivity contribution in [3.8, 4) is 0 Å². The van der Waals surface area contributed by atoms with Gasteiger partial charge in [0.15, 0.2) is 0 Å². The molecule has 1 aromatic rings. The Bertz CT molecular complexity index is 485. The summed E-state index contributed by atoms with van der Waals surface area (Å²) in [5.41, 5.74) is 6.23. The van der Waals surface area contributed by atoms with E-state index in [0.717, 1.165) is 0 Å². The average Bonchev–Trinajstić information content (AvgIpc) is 2.27. The molecule has 1 aromatic carbocycles. The van der Waals surface area contributed by atoms with Gasteiger partial charge in [-0.1, -0.05) is 12.1 Å². The molecule has 0 heterocycles. The lowest BCUT2D eigenvalue weighted by Gasteiger charge is -2.21. The molecule has 0 aromatic heterocycles. The van der Waals surface area contributed by atoms with Gasteiger partial charge in [0.2, 0.25) is 12.3 Å². The second-order valence-electron chi connectivity index (χ2n) is 5.02. The molecular formula is C13H17N3O3. The van der Waals surface area contributed by atoms with Crippen molar-refractivity contribution in [3.63, 3.8) is 0 Å². The van der Waals surface area contributed by atoms with E-state index in [9.17, 15) is 9.59 Å². The number of anilines is 1. The largest absolute Gasteiger partial charge is 0.418 e. The van der Waals surface area contributed by atoms with Crippen LogP contribution in [0.25, 0.3) is 0 Å². The molecule has 1 unspecified atom stereocenters. The van der Waals surface area contributed by atoms with E-state index in [2.05, 4.69) is 10.3 Å². The quantitative estimate of drug-likeness (QED) is 0.496. The number of nitrogens with one attached hydrogen (secondary N) is 1. The van der Waals surface area contributed by atoms with Crippen LogP contribution in [-0.4, -0.2) is 17.7 Å². The van der Waals surface area contributed by atoms with Gasteiger partial charge in [0.1, 0.15) is 0 Å². The van der Waals surface area contributed by atoms with Gasteiger partial charge in [0.25, 0.3) is 0 Å². The maximum Gasteiger partial charge on any atom is 0.409 e. The third kappa shape index (κ3) is 5.23. The lowest BCUT2D eigenvalue weighted by molar-refractivity contribution is 0.0954. The molecule has 0 spiro atoms. The number of nitrogen functional groups attached to an aromatic ring is 1. The highest BCUT2D eigenvalue weighted by molar-refractivity contribution is 5.68. The summed E-state index contributed by atoms with van der Waals surface area (Å²) >= 11 is 0. The Morgan fingerprint density at radius 3 is 2.42 bits per heavy atom. The SMILES string of the molecule is CC(C)(C)NC(=O)OC(N=C=O)c1ccc(N)cc1. The van der Waals surface area contributed by atoms with Gasteiger partial charge in [-0.15, -0.1) is 0 Å². The standard InChI is InChI=1S/C13H17N3O3/c1-13(2,3)16-12(18)19-11(15-8-17)9-4-6-10(14)7-5-9/h4-7,11H,14H2,1-3H3,(H,16,18). The van der Waals surface area contributed by atoms with E-state index in [0.29, 0.717) is 11.3 Å². The number of hydrogen-bond acceptors (Lipinski definition) is 5. The summed E-state index contributed by atoms with van der Waals surface area (Å²) in [6.45, 7) is 5.44. The molecule has 3 N–H and O–H groups in total. The first-order valence-corrected chi connectivity index (χ1v) is 5.73. The number of rotatable bonds is 3. The normalized spacial score (nSPS) is 12.2. The third-order valence-corrected chi connectivity index (χ3v) is 2.09. The molecule has 0 radical (unpaired) electrons. The van der Waals surface area contributed by atoms with Crippen LogP contribution < -0.4 is 11.1 Å². The lowest BCUT2D eigenvalue weighted by atomic mass is 10.1. The number of hydrogen-bond donors (Lipinski definition) is 2. The first-order chi connectivity index (χ1) is 8.81. The molecule has 102 valence electrons. The number of amides is 1. The molecule has 0 saturated carbocycles. The minimum Gasteiger partial charge on any atom is -0.418 e. The Labute approximate surface area is 111 Å². The van der Waals surface area contributed by atoms with Crippen LogP contribution in [0.5, 0.6) is 0 Å². The second-order valence-corrected chi connectivity index (χ2v) is 5.02. The first-order valence-electron chi connectivity index (χ1n) is 5.73. The van der Waals surface area contributed by atoms with Crippen molar-refractivity contribution in [2.45, 2.75) is 32.5 Å². The topological polar surface area (TPSA) is 93.8 Å². The number of nitrogens with two attached hydrogens (primary N) is 1. The highest BCUT2D eigenvalue weighted by Gasteiger charge is 2.20. The minimum absolute atomic E-state index is 0.437. The second kappa shape index (κ2) is 6.02. The molecule has 0 aliphatic rings. The number of carbonyl (C=O) groups excluding carboxylic acids is 2. The van der Waals surface area contributed by atoms with Gasteiger partial charge < -0.3 is 15.8 Å². The van der Waals surface area contributed by atoms with E-state index in [1.165, 1.54) is 6.08 Å². The Balaban J connectivity index is 2.82. The summed E-state index contributed by atoms with van der Waals surface area (Å²) in [6, 6.07) is 6.53. The van der Waals surface area contributed by atoms with E-state index >= 15 is 0 Å². The van der Waals surface area contributed by atoms with Crippen LogP contribution in [0, 0.1) is 0 Å². The highest BCUT2D eigenvalue weighted by Crippen LogP contribution is 2.20. The van der Waals surface area contributed by atoms with Crippen LogP contribution in [0.2, 0.25) is 0 Å². The first kappa shape index (κ1) is 14.7. The summed E-state index contributed by atoms with van der Waals surface area (Å²) in [5, 5.41) is 2.61. The molecular weight excluding hydrogens is 246 g/mol. The van der Waals surface area contributed by atoms with E-state index in [4.69, 9.17) is 10.5 Å². The van der Waals surface area contributed by atoms with Crippen LogP contribution in [0.15, 0.2) is 29.3 Å². The Hall–Kier alpha value is -2.33. The smallest absolute Gasteiger partial charge is 0.409 e. The number of ether oxygens (including phenoxy) is 1. The van der Waals surface area contributed by atoms with Gasteiger partial charge in [-0.2, -0.15) is 4.99 Å². The molecule has 6 heteroatoms. The molecule has 1 rings (SSSR count). The molecule has 19 heavy (non-hydrogen) atoms. The van der Waals surface area contributed by atoms with Crippen LogP contribution in [-0.2, 0) is 9.53 Å². The minimum atomic E-state index is -1.03. The predicted octanol–water partition coefficient (Wildman–Crippen LogP) is 2.13. The van der Waals surface area contributed by atoms with E-state index in [-0.39, 0.29) is 0 Å². The summed E-state index contributed by atoms with van der Waals surface area (Å²) in [5.74, 6) is 0. The molecule has 1 atom stereocenters. The van der Waals surface area contributed by atoms with Gasteiger partial charge in [-0.25, -0.2) is 9.59 Å². The zero-order valence-corrected chi connectivity index (χ0v) is 11.1. The molecule has 6 nitrogen and oxygen atoms in total. The number of carbonyl (C=O) groups is 1.